The number of carbonyl (C=O) groups excluding carboxylic acids is 1. The molecule has 5 nitrogen and oxygen atoms in total. The molecule has 2 fully saturated rings. The summed E-state index contributed by atoms with van der Waals surface area (Å²) in [6, 6.07) is 6.43. The lowest BCUT2D eigenvalue weighted by molar-refractivity contribution is -0.127. The first kappa shape index (κ1) is 19.9. The molecule has 1 aliphatic heterocycles. The third-order valence-electron chi connectivity index (χ3n) is 5.97. The first-order chi connectivity index (χ1) is 13.7. The molecule has 2 atom stereocenters. The zero-order valence-electron chi connectivity index (χ0n) is 16.6. The standard InChI is InChI=1S/C21H25F3N4O/c1-26-9-16-17(10-26)18(16)11-28(20(29)19-12-27(2)13-25-19)8-15-5-3-4-14(6-15)7-21(22,23)24/h3-6,12-13,16-18H,7-11H2,1-2H3. The monoisotopic (exact) mass is 406 g/mol. The van der Waals surface area contributed by atoms with Crippen LogP contribution in [0, 0.1) is 17.8 Å². The van der Waals surface area contributed by atoms with Crippen molar-refractivity contribution in [2.24, 2.45) is 24.8 Å². The van der Waals surface area contributed by atoms with Crippen molar-refractivity contribution in [3.8, 4) is 0 Å². The van der Waals surface area contributed by atoms with Gasteiger partial charge in [0.25, 0.3) is 5.91 Å². The summed E-state index contributed by atoms with van der Waals surface area (Å²) in [4.78, 5) is 21.3. The molecular formula is C21H25F3N4O. The first-order valence-electron chi connectivity index (χ1n) is 9.80. The summed E-state index contributed by atoms with van der Waals surface area (Å²) in [5.74, 6) is 1.49. The van der Waals surface area contributed by atoms with Crippen molar-refractivity contribution in [2.45, 2.75) is 19.1 Å². The van der Waals surface area contributed by atoms with Gasteiger partial charge in [-0.1, -0.05) is 24.3 Å². The number of alkyl halides is 3. The van der Waals surface area contributed by atoms with Crippen molar-refractivity contribution in [1.82, 2.24) is 19.4 Å². The van der Waals surface area contributed by atoms with E-state index in [2.05, 4.69) is 16.9 Å². The van der Waals surface area contributed by atoms with E-state index in [-0.39, 0.29) is 18.0 Å². The predicted octanol–water partition coefficient (Wildman–Crippen LogP) is 2.97. The highest BCUT2D eigenvalue weighted by Crippen LogP contribution is 2.51. The van der Waals surface area contributed by atoms with Gasteiger partial charge < -0.3 is 14.4 Å². The van der Waals surface area contributed by atoms with Crippen LogP contribution in [0.5, 0.6) is 0 Å². The largest absolute Gasteiger partial charge is 0.393 e. The Labute approximate surface area is 168 Å². The highest BCUT2D eigenvalue weighted by Gasteiger charge is 2.55. The number of fused-ring (bicyclic) bond motifs is 1. The normalized spacial score (nSPS) is 23.8. The molecule has 1 saturated heterocycles. The molecule has 2 unspecified atom stereocenters. The van der Waals surface area contributed by atoms with Gasteiger partial charge >= 0.3 is 6.18 Å². The van der Waals surface area contributed by atoms with Gasteiger partial charge in [-0.3, -0.25) is 4.79 Å². The van der Waals surface area contributed by atoms with Crippen LogP contribution in [0.25, 0.3) is 0 Å². The number of amides is 1. The second kappa shape index (κ2) is 7.48. The van der Waals surface area contributed by atoms with Gasteiger partial charge in [0.2, 0.25) is 0 Å². The zero-order chi connectivity index (χ0) is 20.8. The molecule has 2 heterocycles. The Kier molecular flexibility index (Phi) is 5.14. The van der Waals surface area contributed by atoms with Crippen LogP contribution in [0.3, 0.4) is 0 Å². The van der Waals surface area contributed by atoms with E-state index < -0.39 is 12.6 Å². The molecule has 29 heavy (non-hydrogen) atoms. The lowest BCUT2D eigenvalue weighted by Crippen LogP contribution is -2.34. The number of hydrogen-bond acceptors (Lipinski definition) is 3. The Morgan fingerprint density at radius 1 is 1.21 bits per heavy atom. The lowest BCUT2D eigenvalue weighted by Gasteiger charge is -2.24. The van der Waals surface area contributed by atoms with Crippen LogP contribution in [0.15, 0.2) is 36.8 Å². The SMILES string of the molecule is CN1CC2C(C1)C2CN(Cc1cccc(CC(F)(F)F)c1)C(=O)c1cn(C)cn1. The van der Waals surface area contributed by atoms with Crippen molar-refractivity contribution in [3.63, 3.8) is 0 Å². The van der Waals surface area contributed by atoms with E-state index in [0.717, 1.165) is 13.1 Å². The molecule has 8 heteroatoms. The summed E-state index contributed by atoms with van der Waals surface area (Å²) < 4.78 is 40.0. The Balaban J connectivity index is 1.51. The number of aromatic nitrogens is 2. The summed E-state index contributed by atoms with van der Waals surface area (Å²) in [5, 5.41) is 0. The topological polar surface area (TPSA) is 41.4 Å². The Bertz CT molecular complexity index is 882. The molecule has 1 aromatic carbocycles. The molecule has 156 valence electrons. The average molecular weight is 406 g/mol. The molecular weight excluding hydrogens is 381 g/mol. The quantitative estimate of drug-likeness (QED) is 0.741. The van der Waals surface area contributed by atoms with Gasteiger partial charge in [-0.2, -0.15) is 13.2 Å². The number of imidazole rings is 1. The van der Waals surface area contributed by atoms with Crippen LogP contribution in [0.1, 0.15) is 21.6 Å². The Hall–Kier alpha value is -2.35. The minimum atomic E-state index is -4.25. The van der Waals surface area contributed by atoms with Gasteiger partial charge in [-0.05, 0) is 35.9 Å². The maximum Gasteiger partial charge on any atom is 0.393 e. The minimum Gasteiger partial charge on any atom is -0.340 e. The van der Waals surface area contributed by atoms with E-state index in [0.29, 0.717) is 35.6 Å². The van der Waals surface area contributed by atoms with E-state index in [1.165, 1.54) is 6.07 Å². The molecule has 0 N–H and O–H groups in total. The molecule has 1 aliphatic carbocycles. The van der Waals surface area contributed by atoms with Crippen molar-refractivity contribution in [3.05, 3.63) is 53.6 Å². The Morgan fingerprint density at radius 2 is 1.90 bits per heavy atom. The summed E-state index contributed by atoms with van der Waals surface area (Å²) in [5.41, 5.74) is 1.28. The van der Waals surface area contributed by atoms with Gasteiger partial charge in [-0.15, -0.1) is 0 Å². The fourth-order valence-corrected chi connectivity index (χ4v) is 4.58. The minimum absolute atomic E-state index is 0.176. The fourth-order valence-electron chi connectivity index (χ4n) is 4.58. The molecule has 0 spiro atoms. The number of benzene rings is 1. The molecule has 2 aliphatic rings. The second-order valence-corrected chi connectivity index (χ2v) is 8.43. The summed E-state index contributed by atoms with van der Waals surface area (Å²) in [7, 11) is 3.90. The number of carbonyl (C=O) groups is 1. The predicted molar refractivity (Wildman–Crippen MR) is 102 cm³/mol. The van der Waals surface area contributed by atoms with Gasteiger partial charge in [0, 0.05) is 39.4 Å². The van der Waals surface area contributed by atoms with E-state index >= 15 is 0 Å². The first-order valence-corrected chi connectivity index (χ1v) is 9.80. The summed E-state index contributed by atoms with van der Waals surface area (Å²) >= 11 is 0. The molecule has 1 aromatic heterocycles. The van der Waals surface area contributed by atoms with Crippen molar-refractivity contribution >= 4 is 5.91 Å². The van der Waals surface area contributed by atoms with Gasteiger partial charge in [-0.25, -0.2) is 4.98 Å². The number of hydrogen-bond donors (Lipinski definition) is 0. The third kappa shape index (κ3) is 4.63. The maximum absolute atomic E-state index is 13.1. The van der Waals surface area contributed by atoms with E-state index in [9.17, 15) is 18.0 Å². The molecule has 2 aromatic rings. The van der Waals surface area contributed by atoms with Crippen molar-refractivity contribution in [2.75, 3.05) is 26.7 Å². The van der Waals surface area contributed by atoms with Gasteiger partial charge in [0.1, 0.15) is 5.69 Å². The van der Waals surface area contributed by atoms with Gasteiger partial charge in [0.05, 0.1) is 12.7 Å². The van der Waals surface area contributed by atoms with E-state index in [1.807, 2.05) is 0 Å². The van der Waals surface area contributed by atoms with Crippen molar-refractivity contribution < 1.29 is 18.0 Å². The number of aryl methyl sites for hydroxylation is 1. The second-order valence-electron chi connectivity index (χ2n) is 8.43. The smallest absolute Gasteiger partial charge is 0.340 e. The van der Waals surface area contributed by atoms with Crippen LogP contribution in [0.2, 0.25) is 0 Å². The lowest BCUT2D eigenvalue weighted by atomic mass is 10.1. The van der Waals surface area contributed by atoms with E-state index in [4.69, 9.17) is 0 Å². The Morgan fingerprint density at radius 3 is 2.52 bits per heavy atom. The van der Waals surface area contributed by atoms with Crippen LogP contribution in [0.4, 0.5) is 13.2 Å². The fraction of sp³-hybridized carbons (Fsp3) is 0.524. The van der Waals surface area contributed by atoms with E-state index in [1.54, 1.807) is 47.2 Å². The van der Waals surface area contributed by atoms with Gasteiger partial charge in [0.15, 0.2) is 0 Å². The number of piperidine rings is 1. The summed E-state index contributed by atoms with van der Waals surface area (Å²) in [6.45, 7) is 2.99. The van der Waals surface area contributed by atoms with Crippen LogP contribution >= 0.6 is 0 Å². The van der Waals surface area contributed by atoms with Crippen molar-refractivity contribution in [1.29, 1.82) is 0 Å². The number of rotatable bonds is 6. The highest BCUT2D eigenvalue weighted by molar-refractivity contribution is 5.92. The third-order valence-corrected chi connectivity index (χ3v) is 5.97. The molecule has 1 amide bonds. The van der Waals surface area contributed by atoms with Crippen LogP contribution < -0.4 is 0 Å². The molecule has 1 saturated carbocycles. The molecule has 0 bridgehead atoms. The zero-order valence-corrected chi connectivity index (χ0v) is 16.6. The molecule has 0 radical (unpaired) electrons. The van der Waals surface area contributed by atoms with Crippen LogP contribution in [-0.2, 0) is 20.0 Å². The summed E-state index contributed by atoms with van der Waals surface area (Å²) in [6.07, 6.45) is -1.96. The number of likely N-dealkylation sites (tertiary alicyclic amines) is 1. The molecule has 4 rings (SSSR count). The van der Waals surface area contributed by atoms with Crippen LogP contribution in [-0.4, -0.2) is 58.1 Å². The number of halogens is 3. The average Bonchev–Trinajstić information content (AvgIpc) is 2.98. The maximum atomic E-state index is 13.1. The highest BCUT2D eigenvalue weighted by atomic mass is 19.4. The number of nitrogens with zero attached hydrogens (tertiary/aromatic N) is 4.